The van der Waals surface area contributed by atoms with E-state index >= 15 is 0 Å². The lowest BCUT2D eigenvalue weighted by atomic mass is 10.2. The zero-order chi connectivity index (χ0) is 13.7. The summed E-state index contributed by atoms with van der Waals surface area (Å²) in [4.78, 5) is 0. The van der Waals surface area contributed by atoms with Crippen molar-refractivity contribution in [2.45, 2.75) is 13.5 Å². The highest BCUT2D eigenvalue weighted by atomic mass is 19.1. The minimum atomic E-state index is -0.400. The Labute approximate surface area is 111 Å². The minimum Gasteiger partial charge on any atom is -0.494 e. The van der Waals surface area contributed by atoms with Gasteiger partial charge in [0.2, 0.25) is 0 Å². The first-order chi connectivity index (χ1) is 9.22. The van der Waals surface area contributed by atoms with Gasteiger partial charge in [0.05, 0.1) is 13.2 Å². The molecule has 0 bridgehead atoms. The molecule has 0 saturated carbocycles. The van der Waals surface area contributed by atoms with Crippen LogP contribution in [-0.2, 0) is 6.61 Å². The van der Waals surface area contributed by atoms with Crippen molar-refractivity contribution in [3.8, 4) is 17.2 Å². The Bertz CT molecular complexity index is 538. The number of rotatable bonds is 5. The first kappa shape index (κ1) is 13.4. The Morgan fingerprint density at radius 2 is 1.74 bits per heavy atom. The average Bonchev–Trinajstić information content (AvgIpc) is 2.43. The number of aliphatic hydroxyl groups is 1. The molecule has 1 N–H and O–H groups in total. The van der Waals surface area contributed by atoms with Gasteiger partial charge in [-0.2, -0.15) is 0 Å². The van der Waals surface area contributed by atoms with Crippen molar-refractivity contribution in [1.82, 2.24) is 0 Å². The summed E-state index contributed by atoms with van der Waals surface area (Å²) in [6, 6.07) is 11.2. The smallest absolute Gasteiger partial charge is 0.133 e. The molecule has 0 fully saturated rings. The van der Waals surface area contributed by atoms with Crippen molar-refractivity contribution in [3.05, 3.63) is 53.8 Å². The molecule has 2 aromatic carbocycles. The van der Waals surface area contributed by atoms with Crippen molar-refractivity contribution in [3.63, 3.8) is 0 Å². The van der Waals surface area contributed by atoms with Crippen LogP contribution in [0, 0.1) is 5.82 Å². The lowest BCUT2D eigenvalue weighted by molar-refractivity contribution is 0.275. The predicted molar refractivity (Wildman–Crippen MR) is 70.0 cm³/mol. The molecule has 19 heavy (non-hydrogen) atoms. The van der Waals surface area contributed by atoms with Gasteiger partial charge in [-0.25, -0.2) is 4.39 Å². The van der Waals surface area contributed by atoms with Gasteiger partial charge in [0.25, 0.3) is 0 Å². The third-order valence-electron chi connectivity index (χ3n) is 2.56. The fourth-order valence-electron chi connectivity index (χ4n) is 1.67. The molecule has 3 nitrogen and oxygen atoms in total. The van der Waals surface area contributed by atoms with E-state index in [-0.39, 0.29) is 6.61 Å². The van der Waals surface area contributed by atoms with E-state index in [2.05, 4.69) is 0 Å². The van der Waals surface area contributed by atoms with Crippen molar-refractivity contribution in [2.75, 3.05) is 6.61 Å². The fourth-order valence-corrected chi connectivity index (χ4v) is 1.67. The highest BCUT2D eigenvalue weighted by molar-refractivity contribution is 5.39. The van der Waals surface area contributed by atoms with E-state index in [1.54, 1.807) is 24.3 Å². The van der Waals surface area contributed by atoms with E-state index in [1.165, 1.54) is 18.2 Å². The maximum atomic E-state index is 13.0. The molecular weight excluding hydrogens is 247 g/mol. The monoisotopic (exact) mass is 262 g/mol. The molecule has 2 rings (SSSR count). The third-order valence-corrected chi connectivity index (χ3v) is 2.56. The van der Waals surface area contributed by atoms with E-state index < -0.39 is 5.82 Å². The normalized spacial score (nSPS) is 10.3. The van der Waals surface area contributed by atoms with Crippen molar-refractivity contribution in [1.29, 1.82) is 0 Å². The van der Waals surface area contributed by atoms with Crippen LogP contribution in [0.5, 0.6) is 17.2 Å². The Morgan fingerprint density at radius 1 is 1.05 bits per heavy atom. The standard InChI is InChI=1S/C15H15FO3/c1-2-18-13-4-6-14(7-5-13)19-15-8-3-12(16)9-11(15)10-17/h3-9,17H,2,10H2,1H3. The molecule has 0 saturated heterocycles. The predicted octanol–water partition coefficient (Wildman–Crippen LogP) is 3.51. The van der Waals surface area contributed by atoms with Crippen molar-refractivity contribution >= 4 is 0 Å². The molecule has 0 aliphatic rings. The molecule has 0 atom stereocenters. The Balaban J connectivity index is 2.16. The molecule has 4 heteroatoms. The molecular formula is C15H15FO3. The zero-order valence-electron chi connectivity index (χ0n) is 10.6. The second-order valence-electron chi connectivity index (χ2n) is 3.92. The van der Waals surface area contributed by atoms with Gasteiger partial charge < -0.3 is 14.6 Å². The lowest BCUT2D eigenvalue weighted by Gasteiger charge is -2.10. The summed E-state index contributed by atoms with van der Waals surface area (Å²) in [5.74, 6) is 1.40. The molecule has 0 aliphatic heterocycles. The largest absolute Gasteiger partial charge is 0.494 e. The Hall–Kier alpha value is -2.07. The summed E-state index contributed by atoms with van der Waals surface area (Å²) in [5.41, 5.74) is 0.411. The van der Waals surface area contributed by atoms with E-state index in [0.717, 1.165) is 5.75 Å². The van der Waals surface area contributed by atoms with E-state index in [1.807, 2.05) is 6.92 Å². The second-order valence-corrected chi connectivity index (χ2v) is 3.92. The number of hydrogen-bond acceptors (Lipinski definition) is 3. The highest BCUT2D eigenvalue weighted by Gasteiger charge is 2.06. The molecule has 2 aromatic rings. The van der Waals surface area contributed by atoms with Crippen LogP contribution in [0.25, 0.3) is 0 Å². The van der Waals surface area contributed by atoms with E-state index in [9.17, 15) is 4.39 Å². The van der Waals surface area contributed by atoms with E-state index in [4.69, 9.17) is 14.6 Å². The SMILES string of the molecule is CCOc1ccc(Oc2ccc(F)cc2CO)cc1. The number of aliphatic hydroxyl groups excluding tert-OH is 1. The Morgan fingerprint density at radius 3 is 2.37 bits per heavy atom. The van der Waals surface area contributed by atoms with E-state index in [0.29, 0.717) is 23.7 Å². The average molecular weight is 262 g/mol. The Kier molecular flexibility index (Phi) is 4.36. The van der Waals surface area contributed by atoms with Gasteiger partial charge in [0.1, 0.15) is 23.1 Å². The van der Waals surface area contributed by atoms with Crippen LogP contribution in [-0.4, -0.2) is 11.7 Å². The third kappa shape index (κ3) is 3.45. The molecule has 0 amide bonds. The molecule has 0 radical (unpaired) electrons. The molecule has 0 heterocycles. The summed E-state index contributed by atoms with van der Waals surface area (Å²) in [5, 5.41) is 9.17. The van der Waals surface area contributed by atoms with Gasteiger partial charge in [-0.15, -0.1) is 0 Å². The summed E-state index contributed by atoms with van der Waals surface area (Å²) < 4.78 is 24.0. The molecule has 0 aromatic heterocycles. The number of halogens is 1. The van der Waals surface area contributed by atoms with Crippen LogP contribution in [0.4, 0.5) is 4.39 Å². The van der Waals surface area contributed by atoms with Crippen LogP contribution in [0.15, 0.2) is 42.5 Å². The van der Waals surface area contributed by atoms with Crippen molar-refractivity contribution in [2.24, 2.45) is 0 Å². The maximum absolute atomic E-state index is 13.0. The molecule has 0 unspecified atom stereocenters. The number of benzene rings is 2. The van der Waals surface area contributed by atoms with Crippen molar-refractivity contribution < 1.29 is 19.0 Å². The molecule has 0 spiro atoms. The van der Waals surface area contributed by atoms with Gasteiger partial charge in [0, 0.05) is 5.56 Å². The van der Waals surface area contributed by atoms with Gasteiger partial charge >= 0.3 is 0 Å². The summed E-state index contributed by atoms with van der Waals surface area (Å²) >= 11 is 0. The molecule has 100 valence electrons. The van der Waals surface area contributed by atoms with Gasteiger partial charge in [-0.3, -0.25) is 0 Å². The van der Waals surface area contributed by atoms with Crippen LogP contribution in [0.3, 0.4) is 0 Å². The van der Waals surface area contributed by atoms with Crippen LogP contribution < -0.4 is 9.47 Å². The van der Waals surface area contributed by atoms with Gasteiger partial charge in [-0.1, -0.05) is 0 Å². The minimum absolute atomic E-state index is 0.274. The fraction of sp³-hybridized carbons (Fsp3) is 0.200. The first-order valence-corrected chi connectivity index (χ1v) is 6.03. The topological polar surface area (TPSA) is 38.7 Å². The maximum Gasteiger partial charge on any atom is 0.133 e. The molecule has 0 aliphatic carbocycles. The summed E-state index contributed by atoms with van der Waals surface area (Å²) in [6.07, 6.45) is 0. The van der Waals surface area contributed by atoms with Crippen LogP contribution >= 0.6 is 0 Å². The quantitative estimate of drug-likeness (QED) is 0.896. The lowest BCUT2D eigenvalue weighted by Crippen LogP contribution is -1.94. The first-order valence-electron chi connectivity index (χ1n) is 6.03. The van der Waals surface area contributed by atoms with Crippen LogP contribution in [0.2, 0.25) is 0 Å². The van der Waals surface area contributed by atoms with Crippen LogP contribution in [0.1, 0.15) is 12.5 Å². The second kappa shape index (κ2) is 6.20. The highest BCUT2D eigenvalue weighted by Crippen LogP contribution is 2.27. The summed E-state index contributed by atoms with van der Waals surface area (Å²) in [7, 11) is 0. The number of ether oxygens (including phenoxy) is 2. The van der Waals surface area contributed by atoms with Gasteiger partial charge in [-0.05, 0) is 49.4 Å². The summed E-state index contributed by atoms with van der Waals surface area (Å²) in [6.45, 7) is 2.24. The van der Waals surface area contributed by atoms with Gasteiger partial charge in [0.15, 0.2) is 0 Å². The number of hydrogen-bond donors (Lipinski definition) is 1. The zero-order valence-corrected chi connectivity index (χ0v) is 10.6.